The van der Waals surface area contributed by atoms with Gasteiger partial charge in [0.25, 0.3) is 0 Å². The van der Waals surface area contributed by atoms with Crippen molar-refractivity contribution in [3.05, 3.63) is 11.6 Å². The molecule has 2 amide bonds. The van der Waals surface area contributed by atoms with Gasteiger partial charge in [0.1, 0.15) is 0 Å². The highest BCUT2D eigenvalue weighted by molar-refractivity contribution is 5.84. The van der Waals surface area contributed by atoms with Gasteiger partial charge in [-0.1, -0.05) is 11.6 Å². The third kappa shape index (κ3) is 6.80. The van der Waals surface area contributed by atoms with Crippen molar-refractivity contribution in [2.45, 2.75) is 27.2 Å². The van der Waals surface area contributed by atoms with Crippen LogP contribution in [0.5, 0.6) is 0 Å². The molecule has 0 aromatic carbocycles. The lowest BCUT2D eigenvalue weighted by Gasteiger charge is -1.96. The molecule has 0 bridgehead atoms. The van der Waals surface area contributed by atoms with Crippen molar-refractivity contribution >= 4 is 11.7 Å². The largest absolute Gasteiger partial charge is 0.350 e. The standard InChI is InChI=1S/C8H15N3O/c1-6(2)4-5-7(3)10-11-8(9)12/h4H,5H2,1-3H3,(H3,9,11,12)/b10-7+. The van der Waals surface area contributed by atoms with Crippen LogP contribution in [0.25, 0.3) is 0 Å². The predicted molar refractivity (Wildman–Crippen MR) is 49.9 cm³/mol. The topological polar surface area (TPSA) is 67.5 Å². The van der Waals surface area contributed by atoms with Gasteiger partial charge in [0.2, 0.25) is 0 Å². The van der Waals surface area contributed by atoms with Crippen LogP contribution in [0.3, 0.4) is 0 Å². The second kappa shape index (κ2) is 5.35. The lowest BCUT2D eigenvalue weighted by atomic mass is 10.2. The van der Waals surface area contributed by atoms with E-state index in [4.69, 9.17) is 5.73 Å². The maximum absolute atomic E-state index is 10.2. The average Bonchev–Trinajstić information content (AvgIpc) is 1.96. The van der Waals surface area contributed by atoms with E-state index in [2.05, 4.69) is 10.5 Å². The van der Waals surface area contributed by atoms with Crippen LogP contribution in [0.1, 0.15) is 27.2 Å². The van der Waals surface area contributed by atoms with Crippen LogP contribution in [0, 0.1) is 0 Å². The fourth-order valence-corrected chi connectivity index (χ4v) is 0.548. The molecule has 0 unspecified atom stereocenters. The summed E-state index contributed by atoms with van der Waals surface area (Å²) in [5.41, 5.74) is 9.05. The second-order valence-electron chi connectivity index (χ2n) is 2.81. The molecule has 0 aliphatic rings. The highest BCUT2D eigenvalue weighted by Crippen LogP contribution is 1.94. The maximum Gasteiger partial charge on any atom is 0.332 e. The molecule has 0 radical (unpaired) electrons. The molecule has 0 rings (SSSR count). The number of rotatable bonds is 3. The Morgan fingerprint density at radius 1 is 1.50 bits per heavy atom. The highest BCUT2D eigenvalue weighted by atomic mass is 16.2. The molecule has 3 N–H and O–H groups in total. The molecule has 0 atom stereocenters. The first kappa shape index (κ1) is 10.7. The Morgan fingerprint density at radius 3 is 2.50 bits per heavy atom. The molecule has 4 heteroatoms. The van der Waals surface area contributed by atoms with Crippen molar-refractivity contribution in [2.75, 3.05) is 0 Å². The van der Waals surface area contributed by atoms with E-state index >= 15 is 0 Å². The number of nitrogens with zero attached hydrogens (tertiary/aromatic N) is 1. The van der Waals surface area contributed by atoms with E-state index in [1.807, 2.05) is 26.8 Å². The Bertz CT molecular complexity index is 214. The molecule has 4 nitrogen and oxygen atoms in total. The summed E-state index contributed by atoms with van der Waals surface area (Å²) >= 11 is 0. The van der Waals surface area contributed by atoms with Gasteiger partial charge in [-0.2, -0.15) is 5.10 Å². The van der Waals surface area contributed by atoms with Crippen LogP contribution >= 0.6 is 0 Å². The summed E-state index contributed by atoms with van der Waals surface area (Å²) in [6.45, 7) is 5.85. The molecule has 0 aromatic rings. The minimum atomic E-state index is -0.633. The number of allylic oxidation sites excluding steroid dienone is 2. The molecule has 0 saturated carbocycles. The van der Waals surface area contributed by atoms with Gasteiger partial charge in [0, 0.05) is 12.1 Å². The van der Waals surface area contributed by atoms with E-state index < -0.39 is 6.03 Å². The molecule has 0 fully saturated rings. The zero-order valence-corrected chi connectivity index (χ0v) is 7.72. The molecule has 0 aliphatic carbocycles. The summed E-state index contributed by atoms with van der Waals surface area (Å²) in [5.74, 6) is 0. The predicted octanol–water partition coefficient (Wildman–Crippen LogP) is 1.39. The van der Waals surface area contributed by atoms with Crippen LogP contribution in [0.4, 0.5) is 4.79 Å². The number of amides is 2. The lowest BCUT2D eigenvalue weighted by molar-refractivity contribution is 0.249. The monoisotopic (exact) mass is 169 g/mol. The van der Waals surface area contributed by atoms with Crippen LogP contribution in [0.15, 0.2) is 16.8 Å². The second-order valence-corrected chi connectivity index (χ2v) is 2.81. The van der Waals surface area contributed by atoms with Gasteiger partial charge in [-0.05, 0) is 20.8 Å². The minimum Gasteiger partial charge on any atom is -0.350 e. The van der Waals surface area contributed by atoms with Crippen LogP contribution < -0.4 is 11.2 Å². The number of hydrogen-bond donors (Lipinski definition) is 2. The summed E-state index contributed by atoms with van der Waals surface area (Å²) in [7, 11) is 0. The number of hydrazone groups is 1. The summed E-state index contributed by atoms with van der Waals surface area (Å²) < 4.78 is 0. The number of urea groups is 1. The molecule has 0 saturated heterocycles. The van der Waals surface area contributed by atoms with Crippen LogP contribution in [-0.2, 0) is 0 Å². The number of nitrogens with two attached hydrogens (primary N) is 1. The van der Waals surface area contributed by atoms with Crippen molar-refractivity contribution in [1.82, 2.24) is 5.43 Å². The van der Waals surface area contributed by atoms with E-state index in [9.17, 15) is 4.79 Å². The fraction of sp³-hybridized carbons (Fsp3) is 0.500. The summed E-state index contributed by atoms with van der Waals surface area (Å²) in [6, 6.07) is -0.633. The Labute approximate surface area is 72.5 Å². The Morgan fingerprint density at radius 2 is 2.08 bits per heavy atom. The van der Waals surface area contributed by atoms with Gasteiger partial charge >= 0.3 is 6.03 Å². The van der Waals surface area contributed by atoms with Gasteiger partial charge in [-0.3, -0.25) is 0 Å². The summed E-state index contributed by atoms with van der Waals surface area (Å²) in [6.07, 6.45) is 2.77. The van der Waals surface area contributed by atoms with E-state index in [1.54, 1.807) is 0 Å². The van der Waals surface area contributed by atoms with E-state index in [0.29, 0.717) is 0 Å². The SMILES string of the molecule is CC(C)=CC/C(C)=N/NC(N)=O. The van der Waals surface area contributed by atoms with Gasteiger partial charge in [0.05, 0.1) is 0 Å². The normalized spacial score (nSPS) is 10.8. The molecular weight excluding hydrogens is 154 g/mol. The lowest BCUT2D eigenvalue weighted by Crippen LogP contribution is -2.25. The summed E-state index contributed by atoms with van der Waals surface area (Å²) in [4.78, 5) is 10.2. The Kier molecular flexibility index (Phi) is 4.76. The van der Waals surface area contributed by atoms with E-state index in [-0.39, 0.29) is 0 Å². The van der Waals surface area contributed by atoms with Gasteiger partial charge in [-0.25, -0.2) is 10.2 Å². The quantitative estimate of drug-likeness (QED) is 0.374. The van der Waals surface area contributed by atoms with Crippen molar-refractivity contribution in [2.24, 2.45) is 10.8 Å². The third-order valence-corrected chi connectivity index (χ3v) is 1.16. The number of carbonyl (C=O) groups is 1. The number of carbonyl (C=O) groups excluding carboxylic acids is 1. The van der Waals surface area contributed by atoms with Crippen molar-refractivity contribution in [3.8, 4) is 0 Å². The molecule has 0 aromatic heterocycles. The molecular formula is C8H15N3O. The first-order valence-electron chi connectivity index (χ1n) is 3.74. The van der Waals surface area contributed by atoms with E-state index in [1.165, 1.54) is 5.57 Å². The fourth-order valence-electron chi connectivity index (χ4n) is 0.548. The number of hydrogen-bond acceptors (Lipinski definition) is 2. The van der Waals surface area contributed by atoms with Crippen molar-refractivity contribution in [1.29, 1.82) is 0 Å². The zero-order chi connectivity index (χ0) is 9.56. The Balaban J connectivity index is 3.86. The Hall–Kier alpha value is -1.32. The molecule has 68 valence electrons. The first-order chi connectivity index (χ1) is 5.52. The molecule has 0 aliphatic heterocycles. The number of primary amides is 1. The highest BCUT2D eigenvalue weighted by Gasteiger charge is 1.89. The zero-order valence-electron chi connectivity index (χ0n) is 7.72. The smallest absolute Gasteiger partial charge is 0.332 e. The van der Waals surface area contributed by atoms with Crippen molar-refractivity contribution < 1.29 is 4.79 Å². The van der Waals surface area contributed by atoms with Crippen molar-refractivity contribution in [3.63, 3.8) is 0 Å². The van der Waals surface area contributed by atoms with Crippen LogP contribution in [0.2, 0.25) is 0 Å². The summed E-state index contributed by atoms with van der Waals surface area (Å²) in [5, 5.41) is 3.74. The van der Waals surface area contributed by atoms with Gasteiger partial charge < -0.3 is 5.73 Å². The molecule has 0 spiro atoms. The minimum absolute atomic E-state index is 0.633. The van der Waals surface area contributed by atoms with Gasteiger partial charge in [-0.15, -0.1) is 0 Å². The average molecular weight is 169 g/mol. The number of nitrogens with one attached hydrogen (secondary N) is 1. The first-order valence-corrected chi connectivity index (χ1v) is 3.74. The van der Waals surface area contributed by atoms with Gasteiger partial charge in [0.15, 0.2) is 0 Å². The molecule has 12 heavy (non-hydrogen) atoms. The van der Waals surface area contributed by atoms with E-state index in [0.717, 1.165) is 12.1 Å². The van der Waals surface area contributed by atoms with Crippen LogP contribution in [-0.4, -0.2) is 11.7 Å². The third-order valence-electron chi connectivity index (χ3n) is 1.16. The maximum atomic E-state index is 10.2. The molecule has 0 heterocycles.